The van der Waals surface area contributed by atoms with Crippen molar-refractivity contribution in [2.75, 3.05) is 6.61 Å². The molecule has 2 heterocycles. The Kier molecular flexibility index (Phi) is 5.86. The Balaban J connectivity index is 1.47. The molecular weight excluding hydrogens is 436 g/mol. The van der Waals surface area contributed by atoms with E-state index in [-0.39, 0.29) is 48.0 Å². The largest absolute Gasteiger partial charge is 0.482 e. The molecule has 1 saturated carbocycles. The lowest BCUT2D eigenvalue weighted by molar-refractivity contribution is -0.143. The van der Waals surface area contributed by atoms with Crippen molar-refractivity contribution in [2.45, 2.75) is 70.1 Å². The first-order valence-electron chi connectivity index (χ1n) is 11.9. The fraction of sp³-hybridized carbons (Fsp3) is 0.481. The number of rotatable bonds is 5. The lowest BCUT2D eigenvalue weighted by Crippen LogP contribution is -2.62. The average Bonchev–Trinajstić information content (AvgIpc) is 3.11. The lowest BCUT2D eigenvalue weighted by atomic mass is 9.64. The molecule has 0 unspecified atom stereocenters. The number of likely N-dealkylation sites (tertiary alicyclic amines) is 2. The number of carbonyl (C=O) groups excluding carboxylic acids is 2. The van der Waals surface area contributed by atoms with Crippen LogP contribution in [-0.4, -0.2) is 52.4 Å². The third-order valence-electron chi connectivity index (χ3n) is 8.08. The Morgan fingerprint density at radius 1 is 1.03 bits per heavy atom. The third kappa shape index (κ3) is 3.80. The average molecular weight is 467 g/mol. The number of ether oxygens (including phenoxy) is 1. The number of amides is 2. The van der Waals surface area contributed by atoms with E-state index in [1.807, 2.05) is 30.3 Å². The Hall–Kier alpha value is -2.53. The summed E-state index contributed by atoms with van der Waals surface area (Å²) in [4.78, 5) is 30.8. The van der Waals surface area contributed by atoms with Gasteiger partial charge in [0.1, 0.15) is 5.75 Å². The summed E-state index contributed by atoms with van der Waals surface area (Å²) < 4.78 is 5.85. The lowest BCUT2D eigenvalue weighted by Gasteiger charge is -2.52. The molecule has 6 heteroatoms. The molecule has 2 bridgehead atoms. The molecule has 2 aliphatic heterocycles. The first-order chi connectivity index (χ1) is 15.9. The zero-order valence-electron chi connectivity index (χ0n) is 19.2. The van der Waals surface area contributed by atoms with Crippen LogP contribution in [0.25, 0.3) is 0 Å². The molecule has 0 radical (unpaired) electrons. The number of hydrogen-bond acceptors (Lipinski definition) is 3. The van der Waals surface area contributed by atoms with Gasteiger partial charge in [0, 0.05) is 24.4 Å². The van der Waals surface area contributed by atoms with Gasteiger partial charge in [-0.3, -0.25) is 9.59 Å². The second-order valence-corrected chi connectivity index (χ2v) is 10.4. The van der Waals surface area contributed by atoms with Crippen LogP contribution in [0, 0.1) is 5.41 Å². The van der Waals surface area contributed by atoms with Crippen LogP contribution >= 0.6 is 11.6 Å². The molecule has 0 spiro atoms. The van der Waals surface area contributed by atoms with Crippen molar-refractivity contribution in [3.8, 4) is 5.75 Å². The summed E-state index contributed by atoms with van der Waals surface area (Å²) >= 11 is 6.24. The fourth-order valence-corrected chi connectivity index (χ4v) is 6.96. The third-order valence-corrected chi connectivity index (χ3v) is 8.40. The molecule has 2 aromatic carbocycles. The SMILES string of the molecule is CC(=O)N1[C@@H](Cc2ccccc2)[C@@H]2C[C@@]3(C)[C@H](CCC[C@@H]13)N2C(=O)COc1ccccc1Cl. The summed E-state index contributed by atoms with van der Waals surface area (Å²) in [5.74, 6) is 0.616. The molecular formula is C27H31ClN2O3. The van der Waals surface area contributed by atoms with E-state index in [0.29, 0.717) is 10.8 Å². The summed E-state index contributed by atoms with van der Waals surface area (Å²) in [5.41, 5.74) is 1.11. The zero-order valence-corrected chi connectivity index (χ0v) is 20.0. The van der Waals surface area contributed by atoms with Crippen molar-refractivity contribution in [1.29, 1.82) is 0 Å². The van der Waals surface area contributed by atoms with Crippen LogP contribution in [0.15, 0.2) is 54.6 Å². The molecule has 5 atom stereocenters. The van der Waals surface area contributed by atoms with E-state index in [4.69, 9.17) is 16.3 Å². The van der Waals surface area contributed by atoms with Crippen molar-refractivity contribution in [2.24, 2.45) is 5.41 Å². The highest BCUT2D eigenvalue weighted by Gasteiger charge is 2.64. The van der Waals surface area contributed by atoms with Gasteiger partial charge in [-0.25, -0.2) is 0 Å². The summed E-state index contributed by atoms with van der Waals surface area (Å²) in [6.07, 6.45) is 4.68. The highest BCUT2D eigenvalue weighted by molar-refractivity contribution is 6.32. The first-order valence-corrected chi connectivity index (χ1v) is 12.3. The van der Waals surface area contributed by atoms with Gasteiger partial charge in [-0.15, -0.1) is 0 Å². The van der Waals surface area contributed by atoms with Gasteiger partial charge in [-0.1, -0.05) is 61.0 Å². The number of hydrogen-bond donors (Lipinski definition) is 0. The normalized spacial score (nSPS) is 30.3. The minimum absolute atomic E-state index is 0.0131. The van der Waals surface area contributed by atoms with E-state index in [2.05, 4.69) is 28.9 Å². The predicted molar refractivity (Wildman–Crippen MR) is 128 cm³/mol. The molecule has 0 N–H and O–H groups in total. The topological polar surface area (TPSA) is 49.9 Å². The van der Waals surface area contributed by atoms with Crippen LogP contribution in [0.4, 0.5) is 0 Å². The van der Waals surface area contributed by atoms with Crippen LogP contribution in [-0.2, 0) is 16.0 Å². The standard InChI is InChI=1S/C27H31ClN2O3/c1-18(31)29-21(15-19-9-4-3-5-10-19)22-16-27(2)24(29)13-8-14-25(27)30(22)26(32)17-33-23-12-7-6-11-20(23)28/h3-7,9-12,21-22,24-25H,8,13-17H2,1-2H3/t21-,22-,24+,25-,27+/m0/s1. The van der Waals surface area contributed by atoms with Gasteiger partial charge in [0.15, 0.2) is 6.61 Å². The molecule has 1 aliphatic carbocycles. The number of nitrogens with zero attached hydrogens (tertiary/aromatic N) is 2. The fourth-order valence-electron chi connectivity index (χ4n) is 6.77. The summed E-state index contributed by atoms with van der Waals surface area (Å²) in [5, 5.41) is 0.500. The minimum Gasteiger partial charge on any atom is -0.482 e. The van der Waals surface area contributed by atoms with E-state index in [1.165, 1.54) is 5.56 Å². The maximum absolute atomic E-state index is 13.6. The summed E-state index contributed by atoms with van der Waals surface area (Å²) in [6.45, 7) is 3.92. The van der Waals surface area contributed by atoms with E-state index in [9.17, 15) is 9.59 Å². The smallest absolute Gasteiger partial charge is 0.261 e. The highest BCUT2D eigenvalue weighted by atomic mass is 35.5. The molecule has 33 heavy (non-hydrogen) atoms. The van der Waals surface area contributed by atoms with Gasteiger partial charge in [0.25, 0.3) is 5.91 Å². The number of benzene rings is 2. The predicted octanol–water partition coefficient (Wildman–Crippen LogP) is 4.72. The van der Waals surface area contributed by atoms with Crippen LogP contribution in [0.5, 0.6) is 5.75 Å². The van der Waals surface area contributed by atoms with Gasteiger partial charge >= 0.3 is 0 Å². The van der Waals surface area contributed by atoms with Gasteiger partial charge in [0.2, 0.25) is 5.91 Å². The molecule has 3 aliphatic rings. The zero-order chi connectivity index (χ0) is 23.2. The van der Waals surface area contributed by atoms with E-state index < -0.39 is 0 Å². The molecule has 0 aromatic heterocycles. The molecule has 5 rings (SSSR count). The van der Waals surface area contributed by atoms with Crippen LogP contribution in [0.3, 0.4) is 0 Å². The number of piperidine rings is 1. The molecule has 2 aromatic rings. The Labute approximate surface area is 200 Å². The van der Waals surface area contributed by atoms with Crippen molar-refractivity contribution >= 4 is 23.4 Å². The molecule has 174 valence electrons. The van der Waals surface area contributed by atoms with Crippen LogP contribution < -0.4 is 4.74 Å². The van der Waals surface area contributed by atoms with Crippen molar-refractivity contribution in [1.82, 2.24) is 9.80 Å². The maximum atomic E-state index is 13.6. The first kappa shape index (κ1) is 22.3. The van der Waals surface area contributed by atoms with Gasteiger partial charge < -0.3 is 14.5 Å². The van der Waals surface area contributed by atoms with Gasteiger partial charge in [0.05, 0.1) is 17.1 Å². The number of carbonyl (C=O) groups is 2. The molecule has 3 fully saturated rings. The minimum atomic E-state index is -0.0815. The van der Waals surface area contributed by atoms with E-state index in [0.717, 1.165) is 32.1 Å². The number of fused-ring (bicyclic) bond motifs is 1. The Bertz CT molecular complexity index is 1040. The summed E-state index contributed by atoms with van der Waals surface area (Å²) in [6, 6.07) is 17.8. The van der Waals surface area contributed by atoms with Crippen LogP contribution in [0.2, 0.25) is 5.02 Å². The van der Waals surface area contributed by atoms with Crippen molar-refractivity contribution < 1.29 is 14.3 Å². The second kappa shape index (κ2) is 8.68. The Morgan fingerprint density at radius 2 is 1.70 bits per heavy atom. The molecule has 2 amide bonds. The second-order valence-electron chi connectivity index (χ2n) is 9.94. The molecule has 5 nitrogen and oxygen atoms in total. The van der Waals surface area contributed by atoms with Crippen molar-refractivity contribution in [3.05, 3.63) is 65.2 Å². The Morgan fingerprint density at radius 3 is 2.39 bits per heavy atom. The van der Waals surface area contributed by atoms with E-state index >= 15 is 0 Å². The van der Waals surface area contributed by atoms with Gasteiger partial charge in [-0.2, -0.15) is 0 Å². The quantitative estimate of drug-likeness (QED) is 0.640. The highest BCUT2D eigenvalue weighted by Crippen LogP contribution is 2.56. The van der Waals surface area contributed by atoms with Crippen LogP contribution in [0.1, 0.15) is 45.1 Å². The van der Waals surface area contributed by atoms with Gasteiger partial charge in [-0.05, 0) is 49.8 Å². The molecule has 2 saturated heterocycles. The monoisotopic (exact) mass is 466 g/mol. The maximum Gasteiger partial charge on any atom is 0.261 e. The summed E-state index contributed by atoms with van der Waals surface area (Å²) in [7, 11) is 0. The number of halogens is 1. The number of para-hydroxylation sites is 1. The van der Waals surface area contributed by atoms with E-state index in [1.54, 1.807) is 19.1 Å². The van der Waals surface area contributed by atoms with Crippen molar-refractivity contribution in [3.63, 3.8) is 0 Å².